The lowest BCUT2D eigenvalue weighted by Gasteiger charge is -2.20. The van der Waals surface area contributed by atoms with Crippen LogP contribution in [0.3, 0.4) is 0 Å². The smallest absolute Gasteiger partial charge is 0.355 e. The molecule has 1 aromatic heterocycles. The number of rotatable bonds is 4. The largest absolute Gasteiger partial charge is 0.418 e. The Hall–Kier alpha value is -4.35. The first-order valence-electron chi connectivity index (χ1n) is 9.53. The second kappa shape index (κ2) is 8.65. The van der Waals surface area contributed by atoms with Gasteiger partial charge in [0.05, 0.1) is 17.8 Å². The summed E-state index contributed by atoms with van der Waals surface area (Å²) in [7, 11) is 0. The van der Waals surface area contributed by atoms with Crippen LogP contribution in [0.4, 0.5) is 55.7 Å². The summed E-state index contributed by atoms with van der Waals surface area (Å²) >= 11 is 0. The molecule has 1 aliphatic rings. The van der Waals surface area contributed by atoms with E-state index in [1.807, 2.05) is 0 Å². The van der Waals surface area contributed by atoms with E-state index in [0.29, 0.717) is 35.5 Å². The van der Waals surface area contributed by atoms with Gasteiger partial charge in [-0.25, -0.2) is 19.0 Å². The number of benzene rings is 2. The van der Waals surface area contributed by atoms with Crippen molar-refractivity contribution in [3.05, 3.63) is 71.7 Å². The van der Waals surface area contributed by atoms with Crippen LogP contribution in [-0.2, 0) is 12.7 Å². The van der Waals surface area contributed by atoms with E-state index >= 15 is 0 Å². The molecule has 0 saturated carbocycles. The van der Waals surface area contributed by atoms with Crippen LogP contribution in [0.2, 0.25) is 0 Å². The summed E-state index contributed by atoms with van der Waals surface area (Å²) in [5.41, 5.74) is 0.593. The Bertz CT molecular complexity index is 1210. The Balaban J connectivity index is 1.43. The quantitative estimate of drug-likeness (QED) is 0.342. The molecule has 8 nitrogen and oxygen atoms in total. The molecule has 170 valence electrons. The van der Waals surface area contributed by atoms with Gasteiger partial charge in [0.25, 0.3) is 0 Å². The monoisotopic (exact) mass is 460 g/mol. The van der Waals surface area contributed by atoms with E-state index in [-0.39, 0.29) is 6.03 Å². The summed E-state index contributed by atoms with van der Waals surface area (Å²) < 4.78 is 52.4. The number of alkyl halides is 3. The van der Waals surface area contributed by atoms with Gasteiger partial charge in [0.1, 0.15) is 11.6 Å². The standard InChI is InChI=1S/C21H16F4N6O2/c22-11-1-6-17(15(9-11)21(23,24)25)30-20(33)29-13-4-2-12(3-5-13)28-16-7-8-26-18-14(16)10-27-19(32)31-18/h1-9H,10H2,(H2,29,30,33)(H3,26,27,28,31,32). The lowest BCUT2D eigenvalue weighted by molar-refractivity contribution is -0.137. The van der Waals surface area contributed by atoms with E-state index in [9.17, 15) is 27.2 Å². The van der Waals surface area contributed by atoms with Gasteiger partial charge in [0.2, 0.25) is 0 Å². The molecular formula is C21H16F4N6O2. The number of amides is 4. The number of pyridine rings is 1. The van der Waals surface area contributed by atoms with Crippen molar-refractivity contribution in [1.29, 1.82) is 0 Å². The average Bonchev–Trinajstić information content (AvgIpc) is 2.75. The van der Waals surface area contributed by atoms with Crippen molar-refractivity contribution in [1.82, 2.24) is 10.3 Å². The first-order valence-corrected chi connectivity index (χ1v) is 9.53. The van der Waals surface area contributed by atoms with Gasteiger partial charge in [-0.15, -0.1) is 0 Å². The zero-order valence-corrected chi connectivity index (χ0v) is 16.7. The van der Waals surface area contributed by atoms with Gasteiger partial charge in [0.15, 0.2) is 0 Å². The average molecular weight is 460 g/mol. The molecule has 12 heteroatoms. The Labute approximate surface area is 184 Å². The van der Waals surface area contributed by atoms with Crippen LogP contribution in [0.1, 0.15) is 11.1 Å². The highest BCUT2D eigenvalue weighted by molar-refractivity contribution is 6.00. The molecule has 4 amide bonds. The third-order valence-electron chi connectivity index (χ3n) is 4.67. The number of halogens is 4. The normalized spacial score (nSPS) is 12.8. The number of nitrogens with zero attached hydrogens (tertiary/aromatic N) is 1. The Morgan fingerprint density at radius 2 is 1.70 bits per heavy atom. The van der Waals surface area contributed by atoms with E-state index in [2.05, 4.69) is 31.6 Å². The van der Waals surface area contributed by atoms with Crippen LogP contribution in [0.5, 0.6) is 0 Å². The van der Waals surface area contributed by atoms with Crippen molar-refractivity contribution in [2.45, 2.75) is 12.7 Å². The molecule has 0 unspecified atom stereocenters. The van der Waals surface area contributed by atoms with Gasteiger partial charge in [-0.1, -0.05) is 0 Å². The highest BCUT2D eigenvalue weighted by Crippen LogP contribution is 2.35. The summed E-state index contributed by atoms with van der Waals surface area (Å²) in [6.07, 6.45) is -3.29. The van der Waals surface area contributed by atoms with Crippen LogP contribution in [0.15, 0.2) is 54.7 Å². The highest BCUT2D eigenvalue weighted by atomic mass is 19.4. The predicted octanol–water partition coefficient (Wildman–Crippen LogP) is 5.26. The zero-order chi connectivity index (χ0) is 23.6. The van der Waals surface area contributed by atoms with Crippen LogP contribution in [0, 0.1) is 5.82 Å². The lowest BCUT2D eigenvalue weighted by atomic mass is 10.1. The topological polar surface area (TPSA) is 107 Å². The maximum Gasteiger partial charge on any atom is 0.418 e. The van der Waals surface area contributed by atoms with E-state index < -0.39 is 29.3 Å². The summed E-state index contributed by atoms with van der Waals surface area (Å²) in [4.78, 5) is 27.7. The van der Waals surface area contributed by atoms with E-state index in [4.69, 9.17) is 0 Å². The van der Waals surface area contributed by atoms with Crippen molar-refractivity contribution in [2.24, 2.45) is 0 Å². The Morgan fingerprint density at radius 1 is 0.970 bits per heavy atom. The van der Waals surface area contributed by atoms with Crippen molar-refractivity contribution < 1.29 is 27.2 Å². The van der Waals surface area contributed by atoms with Gasteiger partial charge in [-0.3, -0.25) is 5.32 Å². The molecule has 0 fully saturated rings. The zero-order valence-electron chi connectivity index (χ0n) is 16.7. The molecule has 1 aliphatic heterocycles. The molecule has 5 N–H and O–H groups in total. The molecule has 0 aliphatic carbocycles. The number of anilines is 5. The number of aromatic nitrogens is 1. The van der Waals surface area contributed by atoms with Crippen LogP contribution in [0.25, 0.3) is 0 Å². The molecular weight excluding hydrogens is 444 g/mol. The minimum absolute atomic E-state index is 0.292. The van der Waals surface area contributed by atoms with Crippen LogP contribution in [-0.4, -0.2) is 17.0 Å². The SMILES string of the molecule is O=C(Nc1ccc(Nc2ccnc3c2CNC(=O)N3)cc1)Nc1ccc(F)cc1C(F)(F)F. The minimum atomic E-state index is -4.83. The fourth-order valence-electron chi connectivity index (χ4n) is 3.15. The number of carbonyl (C=O) groups is 2. The van der Waals surface area contributed by atoms with E-state index in [1.54, 1.807) is 30.3 Å². The van der Waals surface area contributed by atoms with Gasteiger partial charge < -0.3 is 21.3 Å². The first kappa shape index (κ1) is 21.9. The van der Waals surface area contributed by atoms with Crippen LogP contribution < -0.4 is 26.6 Å². The van der Waals surface area contributed by atoms with Crippen molar-refractivity contribution in [3.8, 4) is 0 Å². The molecule has 4 rings (SSSR count). The molecule has 0 bridgehead atoms. The van der Waals surface area contributed by atoms with Crippen molar-refractivity contribution in [3.63, 3.8) is 0 Å². The Morgan fingerprint density at radius 3 is 2.42 bits per heavy atom. The minimum Gasteiger partial charge on any atom is -0.355 e. The molecule has 33 heavy (non-hydrogen) atoms. The summed E-state index contributed by atoms with van der Waals surface area (Å²) in [5, 5.41) is 12.9. The molecule has 0 spiro atoms. The number of urea groups is 2. The number of fused-ring (bicyclic) bond motifs is 1. The lowest BCUT2D eigenvalue weighted by Crippen LogP contribution is -2.34. The van der Waals surface area contributed by atoms with E-state index in [1.165, 1.54) is 6.20 Å². The number of carbonyl (C=O) groups excluding carboxylic acids is 2. The summed E-state index contributed by atoms with van der Waals surface area (Å²) in [6.45, 7) is 0.292. The van der Waals surface area contributed by atoms with Crippen molar-refractivity contribution >= 4 is 40.6 Å². The summed E-state index contributed by atoms with van der Waals surface area (Å²) in [5.74, 6) is -0.622. The van der Waals surface area contributed by atoms with Gasteiger partial charge in [0, 0.05) is 28.8 Å². The number of hydrogen-bond acceptors (Lipinski definition) is 4. The third kappa shape index (κ3) is 5.11. The molecule has 0 saturated heterocycles. The third-order valence-corrected chi connectivity index (χ3v) is 4.67. The molecule has 3 aromatic rings. The summed E-state index contributed by atoms with van der Waals surface area (Å²) in [6, 6.07) is 8.85. The second-order valence-electron chi connectivity index (χ2n) is 6.96. The maximum absolute atomic E-state index is 13.2. The van der Waals surface area contributed by atoms with Crippen molar-refractivity contribution in [2.75, 3.05) is 21.3 Å². The van der Waals surface area contributed by atoms with Crippen LogP contribution >= 0.6 is 0 Å². The predicted molar refractivity (Wildman–Crippen MR) is 114 cm³/mol. The maximum atomic E-state index is 13.2. The van der Waals surface area contributed by atoms with Gasteiger partial charge >= 0.3 is 18.2 Å². The highest BCUT2D eigenvalue weighted by Gasteiger charge is 2.34. The second-order valence-corrected chi connectivity index (χ2v) is 6.96. The first-order chi connectivity index (χ1) is 15.7. The van der Waals surface area contributed by atoms with Gasteiger partial charge in [-0.2, -0.15) is 13.2 Å². The molecule has 2 aromatic carbocycles. The Kier molecular flexibility index (Phi) is 5.73. The number of hydrogen-bond donors (Lipinski definition) is 5. The van der Waals surface area contributed by atoms with E-state index in [0.717, 1.165) is 17.7 Å². The molecule has 0 radical (unpaired) electrons. The number of nitrogens with one attached hydrogen (secondary N) is 5. The molecule has 2 heterocycles. The fraction of sp³-hybridized carbons (Fsp3) is 0.0952. The molecule has 0 atom stereocenters. The van der Waals surface area contributed by atoms with Gasteiger partial charge in [-0.05, 0) is 48.5 Å². The fourth-order valence-corrected chi connectivity index (χ4v) is 3.15.